The first kappa shape index (κ1) is 31.2. The molecule has 0 saturated carbocycles. The van der Waals surface area contributed by atoms with E-state index in [1.165, 1.54) is 10.1 Å². The van der Waals surface area contributed by atoms with Gasteiger partial charge in [0, 0.05) is 25.1 Å². The molecule has 1 fully saturated rings. The van der Waals surface area contributed by atoms with E-state index >= 15 is 0 Å². The van der Waals surface area contributed by atoms with Gasteiger partial charge in [-0.25, -0.2) is 8.42 Å². The van der Waals surface area contributed by atoms with Gasteiger partial charge in [-0.3, -0.25) is 4.79 Å². The number of rotatable bonds is 10. The summed E-state index contributed by atoms with van der Waals surface area (Å²) in [6, 6.07) is 12.6. The van der Waals surface area contributed by atoms with E-state index in [1.54, 1.807) is 57.5 Å². The molecule has 2 N–H and O–H groups in total. The molecule has 0 radical (unpaired) electrons. The van der Waals surface area contributed by atoms with Crippen LogP contribution in [0.25, 0.3) is 5.65 Å². The Bertz CT molecular complexity index is 1760. The lowest BCUT2D eigenvalue weighted by atomic mass is 9.86. The largest absolute Gasteiger partial charge is 0.495 e. The van der Waals surface area contributed by atoms with E-state index in [9.17, 15) is 13.2 Å². The number of hydrogen-bond acceptors (Lipinski definition) is 9. The normalized spacial score (nSPS) is 15.0. The summed E-state index contributed by atoms with van der Waals surface area (Å²) in [4.78, 5) is 24.2. The molecule has 2 aromatic heterocycles. The van der Waals surface area contributed by atoms with Crippen LogP contribution in [-0.4, -0.2) is 64.3 Å². The molecule has 5 rings (SSSR count). The minimum Gasteiger partial charge on any atom is -0.495 e. The third-order valence-electron chi connectivity index (χ3n) is 8.43. The highest BCUT2D eigenvalue weighted by Crippen LogP contribution is 2.38. The number of benzene rings is 2. The van der Waals surface area contributed by atoms with Crippen LogP contribution in [0.3, 0.4) is 0 Å². The van der Waals surface area contributed by atoms with Gasteiger partial charge >= 0.3 is 0 Å². The molecule has 4 aromatic rings. The van der Waals surface area contributed by atoms with Crippen molar-refractivity contribution in [2.75, 3.05) is 30.8 Å². The monoisotopic (exact) mass is 619 g/mol. The average Bonchev–Trinajstić information content (AvgIpc) is 3.50. The zero-order valence-corrected chi connectivity index (χ0v) is 27.0. The van der Waals surface area contributed by atoms with E-state index in [2.05, 4.69) is 45.6 Å². The zero-order valence-electron chi connectivity index (χ0n) is 26.2. The molecule has 0 bridgehead atoms. The Balaban J connectivity index is 1.41. The highest BCUT2D eigenvalue weighted by molar-refractivity contribution is 7.92. The van der Waals surface area contributed by atoms with Gasteiger partial charge < -0.3 is 20.3 Å². The lowest BCUT2D eigenvalue weighted by molar-refractivity contribution is -0.136. The van der Waals surface area contributed by atoms with Gasteiger partial charge in [0.15, 0.2) is 15.5 Å². The molecule has 2 aromatic carbocycles. The van der Waals surface area contributed by atoms with Gasteiger partial charge in [0.1, 0.15) is 5.75 Å². The minimum atomic E-state index is -3.55. The fourth-order valence-electron chi connectivity index (χ4n) is 5.58. The Hall–Kier alpha value is -4.19. The van der Waals surface area contributed by atoms with Crippen molar-refractivity contribution in [2.45, 2.75) is 69.9 Å². The maximum atomic E-state index is 13.1. The van der Waals surface area contributed by atoms with Crippen LogP contribution in [0.5, 0.6) is 5.75 Å². The molecule has 234 valence electrons. The molecular formula is C32H41N7O4S. The first-order chi connectivity index (χ1) is 21.0. The van der Waals surface area contributed by atoms with Crippen molar-refractivity contribution in [1.29, 1.82) is 0 Å². The number of para-hydroxylation sites is 1. The van der Waals surface area contributed by atoms with Crippen molar-refractivity contribution in [3.8, 4) is 5.75 Å². The highest BCUT2D eigenvalue weighted by Gasteiger charge is 2.28. The van der Waals surface area contributed by atoms with Crippen LogP contribution in [0.2, 0.25) is 0 Å². The number of carbonyl (C=O) groups excluding carboxylic acids is 1. The van der Waals surface area contributed by atoms with Crippen molar-refractivity contribution < 1.29 is 17.9 Å². The zero-order chi connectivity index (χ0) is 31.6. The minimum absolute atomic E-state index is 0.0567. The van der Waals surface area contributed by atoms with Crippen LogP contribution in [-0.2, 0) is 14.6 Å². The molecule has 44 heavy (non-hydrogen) atoms. The van der Waals surface area contributed by atoms with Gasteiger partial charge in [-0.15, -0.1) is 0 Å². The Morgan fingerprint density at radius 2 is 1.77 bits per heavy atom. The number of carbonyl (C=O) groups is 1. The van der Waals surface area contributed by atoms with E-state index in [0.29, 0.717) is 40.6 Å². The number of methoxy groups -OCH3 is 1. The van der Waals surface area contributed by atoms with E-state index < -0.39 is 15.1 Å². The summed E-state index contributed by atoms with van der Waals surface area (Å²) < 4.78 is 33.4. The first-order valence-electron chi connectivity index (χ1n) is 15.1. The topological polar surface area (TPSA) is 131 Å². The molecular weight excluding hydrogens is 578 g/mol. The average molecular weight is 620 g/mol. The Kier molecular flexibility index (Phi) is 9.10. The fraction of sp³-hybridized carbons (Fsp3) is 0.438. The van der Waals surface area contributed by atoms with E-state index in [1.807, 2.05) is 17.9 Å². The van der Waals surface area contributed by atoms with Gasteiger partial charge in [0.05, 0.1) is 34.8 Å². The SMILES string of the molecule is CC[C@H](C)C(=O)N1CCC(c2cc(OC)c(Nc3nc(Nc4ccccc4S(=O)(=O)C(C)C)n4nccc4n3)cc2C)CC1. The van der Waals surface area contributed by atoms with Crippen LogP contribution < -0.4 is 15.4 Å². The van der Waals surface area contributed by atoms with Gasteiger partial charge in [-0.05, 0) is 81.3 Å². The van der Waals surface area contributed by atoms with E-state index in [4.69, 9.17) is 4.74 Å². The van der Waals surface area contributed by atoms with Crippen molar-refractivity contribution in [3.05, 3.63) is 59.8 Å². The van der Waals surface area contributed by atoms with Gasteiger partial charge in [-0.2, -0.15) is 19.6 Å². The lowest BCUT2D eigenvalue weighted by Crippen LogP contribution is -2.40. The molecule has 12 heteroatoms. The van der Waals surface area contributed by atoms with Crippen molar-refractivity contribution in [3.63, 3.8) is 0 Å². The summed E-state index contributed by atoms with van der Waals surface area (Å²) in [7, 11) is -1.92. The number of aromatic nitrogens is 4. The fourth-order valence-corrected chi connectivity index (χ4v) is 6.78. The van der Waals surface area contributed by atoms with Crippen LogP contribution >= 0.6 is 0 Å². The number of amides is 1. The van der Waals surface area contributed by atoms with Gasteiger partial charge in [0.25, 0.3) is 0 Å². The number of hydrogen-bond donors (Lipinski definition) is 2. The molecule has 0 spiro atoms. The summed E-state index contributed by atoms with van der Waals surface area (Å²) in [5.41, 5.74) is 3.95. The number of aryl methyl sites for hydroxylation is 1. The molecule has 1 aliphatic rings. The first-order valence-corrected chi connectivity index (χ1v) is 16.6. The van der Waals surface area contributed by atoms with Crippen molar-refractivity contribution in [1.82, 2.24) is 24.5 Å². The van der Waals surface area contributed by atoms with Crippen LogP contribution in [0.1, 0.15) is 64.0 Å². The predicted octanol–water partition coefficient (Wildman–Crippen LogP) is 5.86. The number of fused-ring (bicyclic) bond motifs is 1. The summed E-state index contributed by atoms with van der Waals surface area (Å²) in [6.07, 6.45) is 4.27. The quantitative estimate of drug-likeness (QED) is 0.224. The second kappa shape index (κ2) is 12.8. The molecule has 11 nitrogen and oxygen atoms in total. The molecule has 1 amide bonds. The molecule has 1 aliphatic heterocycles. The summed E-state index contributed by atoms with van der Waals surface area (Å²) in [5, 5.41) is 10.2. The highest BCUT2D eigenvalue weighted by atomic mass is 32.2. The third kappa shape index (κ3) is 6.21. The van der Waals surface area contributed by atoms with Crippen molar-refractivity contribution >= 4 is 44.7 Å². The lowest BCUT2D eigenvalue weighted by Gasteiger charge is -2.34. The molecule has 3 heterocycles. The smallest absolute Gasteiger partial charge is 0.233 e. The van der Waals surface area contributed by atoms with E-state index in [-0.39, 0.29) is 16.7 Å². The molecule has 1 atom stereocenters. The summed E-state index contributed by atoms with van der Waals surface area (Å²) >= 11 is 0. The molecule has 0 aliphatic carbocycles. The molecule has 0 unspecified atom stereocenters. The number of anilines is 4. The van der Waals surface area contributed by atoms with Crippen LogP contribution in [0, 0.1) is 12.8 Å². The van der Waals surface area contributed by atoms with Crippen molar-refractivity contribution in [2.24, 2.45) is 5.92 Å². The maximum Gasteiger partial charge on any atom is 0.233 e. The third-order valence-corrected chi connectivity index (χ3v) is 10.6. The summed E-state index contributed by atoms with van der Waals surface area (Å²) in [6.45, 7) is 11.0. The number of ether oxygens (including phenoxy) is 1. The van der Waals surface area contributed by atoms with Gasteiger partial charge in [-0.1, -0.05) is 26.0 Å². The van der Waals surface area contributed by atoms with Gasteiger partial charge in [0.2, 0.25) is 17.8 Å². The second-order valence-corrected chi connectivity index (χ2v) is 14.1. The van der Waals surface area contributed by atoms with E-state index in [0.717, 1.165) is 37.9 Å². The maximum absolute atomic E-state index is 13.1. The number of sulfone groups is 1. The summed E-state index contributed by atoms with van der Waals surface area (Å²) in [5.74, 6) is 1.89. The number of nitrogens with one attached hydrogen (secondary N) is 2. The van der Waals surface area contributed by atoms with Crippen LogP contribution in [0.4, 0.5) is 23.3 Å². The Morgan fingerprint density at radius 1 is 1.05 bits per heavy atom. The second-order valence-electron chi connectivity index (χ2n) is 11.6. The predicted molar refractivity (Wildman–Crippen MR) is 172 cm³/mol. The number of nitrogens with zero attached hydrogens (tertiary/aromatic N) is 5. The number of likely N-dealkylation sites (tertiary alicyclic amines) is 1. The molecule has 1 saturated heterocycles. The Morgan fingerprint density at radius 3 is 2.45 bits per heavy atom. The number of piperidine rings is 1. The Labute approximate surface area is 259 Å². The van der Waals surface area contributed by atoms with Crippen LogP contribution in [0.15, 0.2) is 53.6 Å². The standard InChI is InChI=1S/C32H41N7O4S/c1-7-21(4)30(40)38-16-13-23(14-17-38)24-19-27(43-6)26(18-22(24)5)34-31-36-29-12-15-33-39(29)32(37-31)35-25-10-8-9-11-28(25)44(41,42)20(2)3/h8-12,15,18-21,23H,7,13-14,16-17H2,1-6H3,(H2,34,35,36,37)/t21-/m0/s1.